The summed E-state index contributed by atoms with van der Waals surface area (Å²) in [6.45, 7) is 2.27. The zero-order chi connectivity index (χ0) is 15.0. The van der Waals surface area contributed by atoms with E-state index in [4.69, 9.17) is 0 Å². The van der Waals surface area contributed by atoms with Gasteiger partial charge in [0.1, 0.15) is 0 Å². The third kappa shape index (κ3) is 2.97. The van der Waals surface area contributed by atoms with Gasteiger partial charge in [-0.2, -0.15) is 0 Å². The fourth-order valence-corrected chi connectivity index (χ4v) is 3.70. The monoisotopic (exact) mass is 292 g/mol. The van der Waals surface area contributed by atoms with E-state index in [9.17, 15) is 14.4 Å². The minimum Gasteiger partial charge on any atom is -0.353 e. The molecule has 0 bridgehead atoms. The van der Waals surface area contributed by atoms with Crippen molar-refractivity contribution in [3.63, 3.8) is 0 Å². The van der Waals surface area contributed by atoms with Crippen molar-refractivity contribution in [1.82, 2.24) is 10.2 Å². The number of fused-ring (bicyclic) bond motifs is 1. The van der Waals surface area contributed by atoms with Gasteiger partial charge in [0.2, 0.25) is 17.7 Å². The van der Waals surface area contributed by atoms with E-state index in [0.717, 1.165) is 25.7 Å². The van der Waals surface area contributed by atoms with E-state index in [1.54, 1.807) is 0 Å². The van der Waals surface area contributed by atoms with Gasteiger partial charge in [-0.1, -0.05) is 12.8 Å². The molecular formula is C16H24N2O3. The van der Waals surface area contributed by atoms with Crippen LogP contribution < -0.4 is 5.32 Å². The van der Waals surface area contributed by atoms with Crippen molar-refractivity contribution in [2.24, 2.45) is 17.8 Å². The highest BCUT2D eigenvalue weighted by Crippen LogP contribution is 2.38. The second-order valence-electron chi connectivity index (χ2n) is 6.77. The van der Waals surface area contributed by atoms with Crippen LogP contribution in [0.4, 0.5) is 0 Å². The molecular weight excluding hydrogens is 268 g/mol. The highest BCUT2D eigenvalue weighted by atomic mass is 16.2. The summed E-state index contributed by atoms with van der Waals surface area (Å²) in [5, 5.41) is 2.97. The number of rotatable bonds is 5. The number of nitrogens with zero attached hydrogens (tertiary/aromatic N) is 1. The maximum atomic E-state index is 12.3. The Bertz CT molecular complexity index is 434. The van der Waals surface area contributed by atoms with Crippen LogP contribution in [0.3, 0.4) is 0 Å². The smallest absolute Gasteiger partial charge is 0.233 e. The first-order chi connectivity index (χ1) is 10.1. The molecule has 0 aromatic carbocycles. The lowest BCUT2D eigenvalue weighted by atomic mass is 9.81. The lowest BCUT2D eigenvalue weighted by Gasteiger charge is -2.19. The predicted octanol–water partition coefficient (Wildman–Crippen LogP) is 1.47. The molecule has 1 heterocycles. The second kappa shape index (κ2) is 5.78. The molecule has 1 saturated heterocycles. The first-order valence-corrected chi connectivity index (χ1v) is 8.22. The molecule has 5 heteroatoms. The van der Waals surface area contributed by atoms with Gasteiger partial charge in [-0.05, 0) is 38.5 Å². The van der Waals surface area contributed by atoms with Crippen molar-refractivity contribution in [2.75, 3.05) is 6.54 Å². The van der Waals surface area contributed by atoms with Gasteiger partial charge in [0, 0.05) is 19.0 Å². The zero-order valence-corrected chi connectivity index (χ0v) is 12.6. The number of hydrogen-bond acceptors (Lipinski definition) is 3. The van der Waals surface area contributed by atoms with Crippen molar-refractivity contribution in [3.05, 3.63) is 0 Å². The summed E-state index contributed by atoms with van der Waals surface area (Å²) in [6.07, 6.45) is 6.34. The van der Waals surface area contributed by atoms with Crippen molar-refractivity contribution in [3.8, 4) is 0 Å². The number of likely N-dealkylation sites (tertiary alicyclic amines) is 1. The number of hydrogen-bond donors (Lipinski definition) is 1. The van der Waals surface area contributed by atoms with Gasteiger partial charge < -0.3 is 5.32 Å². The van der Waals surface area contributed by atoms with Gasteiger partial charge in [-0.15, -0.1) is 0 Å². The number of carbonyl (C=O) groups is 3. The molecule has 0 aromatic rings. The zero-order valence-electron chi connectivity index (χ0n) is 12.6. The van der Waals surface area contributed by atoms with Crippen LogP contribution in [0.25, 0.3) is 0 Å². The number of carbonyl (C=O) groups excluding carboxylic acids is 3. The van der Waals surface area contributed by atoms with Crippen LogP contribution in [0.5, 0.6) is 0 Å². The Hall–Kier alpha value is -1.39. The Morgan fingerprint density at radius 1 is 1.14 bits per heavy atom. The molecule has 3 fully saturated rings. The summed E-state index contributed by atoms with van der Waals surface area (Å²) >= 11 is 0. The third-order valence-corrected chi connectivity index (χ3v) is 5.21. The predicted molar refractivity (Wildman–Crippen MR) is 77.1 cm³/mol. The summed E-state index contributed by atoms with van der Waals surface area (Å²) < 4.78 is 0. The summed E-state index contributed by atoms with van der Waals surface area (Å²) in [6, 6.07) is 0.213. The molecule has 1 aliphatic heterocycles. The van der Waals surface area contributed by atoms with Crippen LogP contribution in [-0.4, -0.2) is 35.2 Å². The summed E-state index contributed by atoms with van der Waals surface area (Å²) in [5.41, 5.74) is 0. The van der Waals surface area contributed by atoms with Crippen molar-refractivity contribution in [2.45, 2.75) is 57.9 Å². The SMILES string of the molecule is C[C@H](NC(=O)CCN1C(=O)[C@H]2CCCC[C@@H]2C1=O)C1CC1. The first-order valence-electron chi connectivity index (χ1n) is 8.22. The molecule has 3 rings (SSSR count). The Kier molecular flexibility index (Phi) is 4.00. The van der Waals surface area contributed by atoms with Crippen LogP contribution in [0.15, 0.2) is 0 Å². The second-order valence-corrected chi connectivity index (χ2v) is 6.77. The van der Waals surface area contributed by atoms with E-state index in [2.05, 4.69) is 5.32 Å². The lowest BCUT2D eigenvalue weighted by Crippen LogP contribution is -2.38. The van der Waals surface area contributed by atoms with Crippen LogP contribution >= 0.6 is 0 Å². The lowest BCUT2D eigenvalue weighted by molar-refractivity contribution is -0.140. The Labute approximate surface area is 125 Å². The molecule has 21 heavy (non-hydrogen) atoms. The fraction of sp³-hybridized carbons (Fsp3) is 0.812. The van der Waals surface area contributed by atoms with E-state index in [1.807, 2.05) is 6.92 Å². The Balaban J connectivity index is 1.51. The summed E-state index contributed by atoms with van der Waals surface area (Å²) in [7, 11) is 0. The quantitative estimate of drug-likeness (QED) is 0.780. The molecule has 1 N–H and O–H groups in total. The van der Waals surface area contributed by atoms with Crippen molar-refractivity contribution >= 4 is 17.7 Å². The topological polar surface area (TPSA) is 66.5 Å². The van der Waals surface area contributed by atoms with E-state index in [-0.39, 0.29) is 48.6 Å². The molecule has 2 saturated carbocycles. The largest absolute Gasteiger partial charge is 0.353 e. The first kappa shape index (κ1) is 14.5. The van der Waals surface area contributed by atoms with Crippen molar-refractivity contribution in [1.29, 1.82) is 0 Å². The van der Waals surface area contributed by atoms with E-state index >= 15 is 0 Å². The van der Waals surface area contributed by atoms with E-state index < -0.39 is 0 Å². The molecule has 0 spiro atoms. The van der Waals surface area contributed by atoms with Gasteiger partial charge in [-0.3, -0.25) is 19.3 Å². The van der Waals surface area contributed by atoms with Gasteiger partial charge in [0.25, 0.3) is 0 Å². The number of nitrogens with one attached hydrogen (secondary N) is 1. The maximum absolute atomic E-state index is 12.3. The molecule has 0 radical (unpaired) electrons. The molecule has 3 amide bonds. The molecule has 2 aliphatic carbocycles. The van der Waals surface area contributed by atoms with Gasteiger partial charge >= 0.3 is 0 Å². The third-order valence-electron chi connectivity index (χ3n) is 5.21. The van der Waals surface area contributed by atoms with Crippen LogP contribution in [-0.2, 0) is 14.4 Å². The number of imide groups is 1. The highest BCUT2D eigenvalue weighted by Gasteiger charge is 2.47. The normalized spacial score (nSPS) is 30.2. The standard InChI is InChI=1S/C16H24N2O3/c1-10(11-6-7-11)17-14(19)8-9-18-15(20)12-4-2-3-5-13(12)16(18)21/h10-13H,2-9H2,1H3,(H,17,19)/t10-,12-,13-/m0/s1. The molecule has 0 unspecified atom stereocenters. The highest BCUT2D eigenvalue weighted by molar-refractivity contribution is 6.05. The van der Waals surface area contributed by atoms with Crippen LogP contribution in [0, 0.1) is 17.8 Å². The van der Waals surface area contributed by atoms with Gasteiger partial charge in [0.05, 0.1) is 11.8 Å². The average molecular weight is 292 g/mol. The van der Waals surface area contributed by atoms with Gasteiger partial charge in [-0.25, -0.2) is 0 Å². The number of amides is 3. The molecule has 116 valence electrons. The van der Waals surface area contributed by atoms with Crippen LogP contribution in [0.2, 0.25) is 0 Å². The van der Waals surface area contributed by atoms with E-state index in [1.165, 1.54) is 17.7 Å². The molecule has 3 atom stereocenters. The molecule has 0 aromatic heterocycles. The minimum absolute atomic E-state index is 0.0484. The Morgan fingerprint density at radius 2 is 1.71 bits per heavy atom. The average Bonchev–Trinajstić information content (AvgIpc) is 3.28. The fourth-order valence-electron chi connectivity index (χ4n) is 3.70. The summed E-state index contributed by atoms with van der Waals surface area (Å²) in [5.74, 6) is 0.247. The van der Waals surface area contributed by atoms with E-state index in [0.29, 0.717) is 5.92 Å². The maximum Gasteiger partial charge on any atom is 0.233 e. The van der Waals surface area contributed by atoms with Gasteiger partial charge in [0.15, 0.2) is 0 Å². The Morgan fingerprint density at radius 3 is 2.24 bits per heavy atom. The summed E-state index contributed by atoms with van der Waals surface area (Å²) in [4.78, 5) is 37.8. The molecule has 3 aliphatic rings. The minimum atomic E-state index is -0.111. The van der Waals surface area contributed by atoms with Crippen LogP contribution in [0.1, 0.15) is 51.9 Å². The molecule has 5 nitrogen and oxygen atoms in total. The van der Waals surface area contributed by atoms with Crippen molar-refractivity contribution < 1.29 is 14.4 Å².